The molecule has 3 rings (SSSR count). The number of fused-ring (bicyclic) bond motifs is 1. The van der Waals surface area contributed by atoms with Gasteiger partial charge in [0, 0.05) is 27.7 Å². The Hall–Kier alpha value is -2.62. The third kappa shape index (κ3) is 2.84. The number of likely N-dealkylation sites (tertiary alicyclic amines) is 1. The van der Waals surface area contributed by atoms with Crippen LogP contribution in [-0.4, -0.2) is 58.4 Å². The van der Waals surface area contributed by atoms with Crippen LogP contribution in [0, 0.1) is 12.5 Å². The van der Waals surface area contributed by atoms with Crippen LogP contribution in [0.25, 0.3) is 15.9 Å². The second-order valence-corrected chi connectivity index (χ2v) is 5.03. The van der Waals surface area contributed by atoms with Gasteiger partial charge in [-0.1, -0.05) is 6.92 Å². The summed E-state index contributed by atoms with van der Waals surface area (Å²) in [5.74, 6) is -3.42. The van der Waals surface area contributed by atoms with Crippen molar-refractivity contribution in [1.82, 2.24) is 19.9 Å². The number of piperidine rings is 1. The van der Waals surface area contributed by atoms with Gasteiger partial charge in [0.05, 0.1) is 16.9 Å². The van der Waals surface area contributed by atoms with E-state index in [1.807, 2.05) is 0 Å². The first kappa shape index (κ1) is 8.29. The summed E-state index contributed by atoms with van der Waals surface area (Å²) in [6.45, 7) is 1.90. The minimum absolute atomic E-state index is 0.0687. The van der Waals surface area contributed by atoms with Crippen LogP contribution in [0.1, 0.15) is 24.3 Å². The summed E-state index contributed by atoms with van der Waals surface area (Å²) in [6, 6.07) is -2.62. The first-order valence-electron chi connectivity index (χ1n) is 10.9. The molecule has 7 heteroatoms. The zero-order valence-corrected chi connectivity index (χ0v) is 12.6. The molecule has 0 saturated carbocycles. The lowest BCUT2D eigenvalue weighted by atomic mass is 9.92. The van der Waals surface area contributed by atoms with E-state index in [9.17, 15) is 4.79 Å². The number of nitrogens with zero attached hydrogens (tertiary/aromatic N) is 5. The molecule has 0 bridgehead atoms. The highest BCUT2D eigenvalue weighted by atomic mass is 16.2. The maximum absolute atomic E-state index is 12.6. The third-order valence-electron chi connectivity index (χ3n) is 3.61. The van der Waals surface area contributed by atoms with Gasteiger partial charge in [-0.3, -0.25) is 4.79 Å². The molecule has 1 N–H and O–H groups in total. The highest BCUT2D eigenvalue weighted by Crippen LogP contribution is 2.28. The number of aromatic nitrogens is 3. The van der Waals surface area contributed by atoms with Crippen LogP contribution in [0.2, 0.25) is 0 Å². The van der Waals surface area contributed by atoms with E-state index in [0.29, 0.717) is 4.90 Å². The van der Waals surface area contributed by atoms with E-state index in [1.165, 1.54) is 20.2 Å². The first-order valence-corrected chi connectivity index (χ1v) is 6.88. The van der Waals surface area contributed by atoms with E-state index in [-0.39, 0.29) is 35.9 Å². The maximum Gasteiger partial charge on any atom is 0.302 e. The number of amides is 1. The van der Waals surface area contributed by atoms with Crippen LogP contribution in [0.3, 0.4) is 0 Å². The minimum Gasteiger partial charge on any atom is -0.354 e. The Morgan fingerprint density at radius 3 is 3.39 bits per heavy atom. The standard InChI is InChI=1S/C16H20N6O/c1-11-5-7-22(14(23)8-17-2)9-13(11)21(3)16-12-4-6-18-15(12)19-10-20-16/h4,6,10-11,13H,5,7-9H2,1,3H3,(H,18,19,20)/t11-,13+/m1/s1/i4D,8D2,9D2,10D,11D,13D. The molecule has 1 aliphatic heterocycles. The molecule has 2 aromatic rings. The average molecular weight is 320 g/mol. The Bertz CT molecular complexity index is 1100. The van der Waals surface area contributed by atoms with Gasteiger partial charge in [0.2, 0.25) is 0 Å². The molecule has 2 atom stereocenters. The highest BCUT2D eigenvalue weighted by molar-refractivity contribution is 5.87. The average Bonchev–Trinajstić information content (AvgIpc) is 3.05. The molecule has 23 heavy (non-hydrogen) atoms. The van der Waals surface area contributed by atoms with Crippen molar-refractivity contribution >= 4 is 22.8 Å². The lowest BCUT2D eigenvalue weighted by Crippen LogP contribution is -2.53. The number of carbonyl (C=O) groups is 1. The van der Waals surface area contributed by atoms with Crippen molar-refractivity contribution < 1.29 is 15.8 Å². The highest BCUT2D eigenvalue weighted by Gasteiger charge is 2.33. The summed E-state index contributed by atoms with van der Waals surface area (Å²) in [5, 5.41) is 0.108. The second kappa shape index (κ2) is 6.24. The molecular formula is C16H20N6O. The van der Waals surface area contributed by atoms with Gasteiger partial charge in [0.15, 0.2) is 0 Å². The summed E-state index contributed by atoms with van der Waals surface area (Å²) in [7, 11) is 1.27. The molecule has 120 valence electrons. The molecule has 0 radical (unpaired) electrons. The predicted molar refractivity (Wildman–Crippen MR) is 87.9 cm³/mol. The van der Waals surface area contributed by atoms with Crippen molar-refractivity contribution in [2.45, 2.75) is 19.4 Å². The Kier molecular flexibility index (Phi) is 2.25. The topological polar surface area (TPSA) is 69.5 Å². The van der Waals surface area contributed by atoms with E-state index in [4.69, 9.17) is 17.5 Å². The van der Waals surface area contributed by atoms with Gasteiger partial charge in [0.25, 0.3) is 6.50 Å². The van der Waals surface area contributed by atoms with Crippen LogP contribution in [-0.2, 0) is 4.79 Å². The quantitative estimate of drug-likeness (QED) is 0.871. The van der Waals surface area contributed by atoms with Crippen molar-refractivity contribution in [2.75, 3.05) is 31.5 Å². The Labute approximate surface area is 146 Å². The van der Waals surface area contributed by atoms with E-state index in [1.54, 1.807) is 0 Å². The van der Waals surface area contributed by atoms with Gasteiger partial charge in [-0.25, -0.2) is 16.5 Å². The number of rotatable bonds is 3. The Morgan fingerprint density at radius 2 is 2.61 bits per heavy atom. The largest absolute Gasteiger partial charge is 0.354 e. The van der Waals surface area contributed by atoms with Crippen molar-refractivity contribution in [1.29, 1.82) is 0 Å². The van der Waals surface area contributed by atoms with E-state index in [0.717, 1.165) is 4.90 Å². The zero-order chi connectivity index (χ0) is 23.6. The summed E-state index contributed by atoms with van der Waals surface area (Å²) < 4.78 is 66.2. The number of carbonyl (C=O) groups excluding carboxylic acids is 1. The lowest BCUT2D eigenvalue weighted by molar-refractivity contribution is -0.130. The minimum atomic E-state index is -3.03. The molecule has 1 amide bonds. The summed E-state index contributed by atoms with van der Waals surface area (Å²) >= 11 is 0. The Balaban J connectivity index is 2.23. The van der Waals surface area contributed by atoms with Crippen molar-refractivity contribution in [2.24, 2.45) is 5.89 Å². The van der Waals surface area contributed by atoms with Gasteiger partial charge < -0.3 is 19.6 Å². The van der Waals surface area contributed by atoms with Crippen LogP contribution >= 0.6 is 0 Å². The zero-order valence-electron chi connectivity index (χ0n) is 20.6. The number of anilines is 1. The molecule has 0 aromatic carbocycles. The summed E-state index contributed by atoms with van der Waals surface area (Å²) in [5.41, 5.74) is 0.121. The van der Waals surface area contributed by atoms with Gasteiger partial charge >= 0.3 is 5.91 Å². The van der Waals surface area contributed by atoms with Crippen molar-refractivity contribution in [3.8, 4) is 0 Å². The molecule has 0 aliphatic carbocycles. The second-order valence-electron chi connectivity index (χ2n) is 5.03. The monoisotopic (exact) mass is 320 g/mol. The number of nitrogens with one attached hydrogen (secondary N) is 1. The normalized spacial score (nSPS) is 35.4. The number of aromatic amines is 1. The van der Waals surface area contributed by atoms with E-state index >= 15 is 0 Å². The number of likely N-dealkylation sites (N-methyl/N-ethyl adjacent to an activating group) is 1. The summed E-state index contributed by atoms with van der Waals surface area (Å²) in [4.78, 5) is 27.3. The van der Waals surface area contributed by atoms with Crippen LogP contribution in [0.5, 0.6) is 0 Å². The molecule has 1 saturated heterocycles. The fourth-order valence-corrected chi connectivity index (χ4v) is 2.40. The SMILES string of the molecule is [2H]c1nc(N(C)[C@@]2([2H])C([2H])([2H])N(C(=O)C([2H])([2H])[N+]#[C-])CC[C@@]2([2H])C)c2c([2H])c[nH]c2n1. The number of H-pyrrole nitrogens is 1. The third-order valence-corrected chi connectivity index (χ3v) is 3.61. The molecule has 7 nitrogen and oxygen atoms in total. The fraction of sp³-hybridized carbons (Fsp3) is 0.500. The van der Waals surface area contributed by atoms with Crippen LogP contribution in [0.15, 0.2) is 18.5 Å². The molecule has 2 aromatic heterocycles. The molecule has 0 spiro atoms. The Morgan fingerprint density at radius 1 is 1.78 bits per heavy atom. The van der Waals surface area contributed by atoms with E-state index in [2.05, 4.69) is 19.8 Å². The summed E-state index contributed by atoms with van der Waals surface area (Å²) in [6.07, 6.45) is 0.644. The van der Waals surface area contributed by atoms with Crippen molar-refractivity contribution in [3.05, 3.63) is 30.0 Å². The van der Waals surface area contributed by atoms with Gasteiger partial charge in [0.1, 0.15) is 21.9 Å². The molecule has 3 heterocycles. The van der Waals surface area contributed by atoms with Gasteiger partial charge in [-0.05, 0) is 18.4 Å². The van der Waals surface area contributed by atoms with E-state index < -0.39 is 37.1 Å². The van der Waals surface area contributed by atoms with Crippen LogP contribution in [0.4, 0.5) is 5.82 Å². The molecule has 1 fully saturated rings. The molecule has 1 aliphatic rings. The smallest absolute Gasteiger partial charge is 0.302 e. The maximum atomic E-state index is 12.6. The molecule has 0 unspecified atom stereocenters. The van der Waals surface area contributed by atoms with Crippen molar-refractivity contribution in [3.63, 3.8) is 0 Å². The van der Waals surface area contributed by atoms with Gasteiger partial charge in [-0.15, -0.1) is 0 Å². The fourth-order valence-electron chi connectivity index (χ4n) is 2.40. The number of hydrogen-bond donors (Lipinski definition) is 1. The van der Waals surface area contributed by atoms with Gasteiger partial charge in [-0.2, -0.15) is 0 Å². The lowest BCUT2D eigenvalue weighted by Gasteiger charge is -2.41. The molecular weight excluding hydrogens is 292 g/mol. The first-order chi connectivity index (χ1) is 14.1. The predicted octanol–water partition coefficient (Wildman–Crippen LogP) is 1.55. The van der Waals surface area contributed by atoms with Crippen LogP contribution < -0.4 is 4.90 Å². The number of hydrogen-bond acceptors (Lipinski definition) is 4.